The Kier molecular flexibility index (Phi) is 5.75. The van der Waals surface area contributed by atoms with Gasteiger partial charge in [0.2, 0.25) is 8.32 Å². The van der Waals surface area contributed by atoms with Gasteiger partial charge in [0.1, 0.15) is 12.0 Å². The van der Waals surface area contributed by atoms with E-state index >= 15 is 0 Å². The Labute approximate surface area is 124 Å². The van der Waals surface area contributed by atoms with Crippen LogP contribution in [0.15, 0.2) is 36.4 Å². The summed E-state index contributed by atoms with van der Waals surface area (Å²) in [4.78, 5) is 10.3. The van der Waals surface area contributed by atoms with E-state index in [1.165, 1.54) is 5.56 Å². The van der Waals surface area contributed by atoms with Crippen LogP contribution in [-0.2, 0) is 11.2 Å². The number of hydrogen-bond acceptors (Lipinski definition) is 2. The van der Waals surface area contributed by atoms with Crippen molar-refractivity contribution < 1.29 is 9.22 Å². The molecule has 1 rings (SSSR count). The molecule has 0 unspecified atom stereocenters. The molecule has 1 aromatic rings. The lowest BCUT2D eigenvalue weighted by molar-refractivity contribution is -0.104. The molecule has 0 aromatic heterocycles. The van der Waals surface area contributed by atoms with Gasteiger partial charge in [-0.2, -0.15) is 0 Å². The fourth-order valence-corrected chi connectivity index (χ4v) is 2.68. The van der Waals surface area contributed by atoms with Crippen LogP contribution in [0.1, 0.15) is 32.8 Å². The molecule has 20 heavy (non-hydrogen) atoms. The standard InChI is InChI=1S/C17H26O2Si/c1-17(2,3)20(4,5)19-16-13-9-8-12-15(16)11-7-6-10-14-18/h6,8-10,12-14H,7,11H2,1-5H3/b10-6-. The Morgan fingerprint density at radius 1 is 1.20 bits per heavy atom. The number of carbonyl (C=O) groups is 1. The van der Waals surface area contributed by atoms with Crippen LogP contribution in [0.25, 0.3) is 0 Å². The highest BCUT2D eigenvalue weighted by atomic mass is 28.4. The number of aryl methyl sites for hydroxylation is 1. The molecule has 0 radical (unpaired) electrons. The van der Waals surface area contributed by atoms with Gasteiger partial charge in [0, 0.05) is 0 Å². The molecule has 0 saturated carbocycles. The zero-order valence-electron chi connectivity index (χ0n) is 13.3. The molecular weight excluding hydrogens is 264 g/mol. The molecule has 0 spiro atoms. The third kappa shape index (κ3) is 4.64. The van der Waals surface area contributed by atoms with E-state index in [-0.39, 0.29) is 5.04 Å². The van der Waals surface area contributed by atoms with Gasteiger partial charge in [-0.3, -0.25) is 4.79 Å². The number of hydrogen-bond donors (Lipinski definition) is 0. The predicted molar refractivity (Wildman–Crippen MR) is 87.8 cm³/mol. The van der Waals surface area contributed by atoms with Crippen LogP contribution in [0.4, 0.5) is 0 Å². The molecule has 0 heterocycles. The monoisotopic (exact) mass is 290 g/mol. The van der Waals surface area contributed by atoms with Gasteiger partial charge in [0.15, 0.2) is 0 Å². The van der Waals surface area contributed by atoms with Crippen molar-refractivity contribution in [2.75, 3.05) is 0 Å². The molecule has 0 aliphatic carbocycles. The number of aldehydes is 1. The molecular formula is C17H26O2Si. The quantitative estimate of drug-likeness (QED) is 0.429. The highest BCUT2D eigenvalue weighted by Gasteiger charge is 2.39. The van der Waals surface area contributed by atoms with E-state index in [0.29, 0.717) is 0 Å². The first-order chi connectivity index (χ1) is 9.28. The summed E-state index contributed by atoms with van der Waals surface area (Å²) < 4.78 is 6.40. The largest absolute Gasteiger partial charge is 0.543 e. The normalized spacial score (nSPS) is 12.7. The second-order valence-electron chi connectivity index (χ2n) is 6.57. The van der Waals surface area contributed by atoms with Crippen LogP contribution < -0.4 is 4.43 Å². The number of allylic oxidation sites excluding steroid dienone is 2. The molecule has 110 valence electrons. The predicted octanol–water partition coefficient (Wildman–Crippen LogP) is 4.76. The van der Waals surface area contributed by atoms with E-state index in [4.69, 9.17) is 4.43 Å². The molecule has 0 amide bonds. The van der Waals surface area contributed by atoms with Crippen molar-refractivity contribution in [1.29, 1.82) is 0 Å². The minimum atomic E-state index is -1.81. The lowest BCUT2D eigenvalue weighted by Crippen LogP contribution is -2.44. The van der Waals surface area contributed by atoms with E-state index in [0.717, 1.165) is 24.9 Å². The minimum Gasteiger partial charge on any atom is -0.543 e. The topological polar surface area (TPSA) is 26.3 Å². The molecule has 2 nitrogen and oxygen atoms in total. The van der Waals surface area contributed by atoms with E-state index in [9.17, 15) is 4.79 Å². The van der Waals surface area contributed by atoms with Crippen molar-refractivity contribution >= 4 is 14.6 Å². The van der Waals surface area contributed by atoms with Crippen molar-refractivity contribution in [3.63, 3.8) is 0 Å². The van der Waals surface area contributed by atoms with Crippen molar-refractivity contribution in [2.24, 2.45) is 0 Å². The average molecular weight is 290 g/mol. The third-order valence-corrected chi connectivity index (χ3v) is 8.28. The summed E-state index contributed by atoms with van der Waals surface area (Å²) in [6, 6.07) is 8.22. The molecule has 0 N–H and O–H groups in total. The Hall–Kier alpha value is -1.35. The third-order valence-electron chi connectivity index (χ3n) is 3.94. The Bertz CT molecular complexity index is 470. The summed E-state index contributed by atoms with van der Waals surface area (Å²) in [5, 5.41) is 0.192. The van der Waals surface area contributed by atoms with E-state index in [1.807, 2.05) is 18.2 Å². The second-order valence-corrected chi connectivity index (χ2v) is 11.3. The van der Waals surface area contributed by atoms with Crippen LogP contribution in [0.3, 0.4) is 0 Å². The van der Waals surface area contributed by atoms with Crippen LogP contribution in [0.5, 0.6) is 5.75 Å². The summed E-state index contributed by atoms with van der Waals surface area (Å²) in [5.74, 6) is 0.999. The summed E-state index contributed by atoms with van der Waals surface area (Å²) in [5.41, 5.74) is 1.22. The van der Waals surface area contributed by atoms with Crippen molar-refractivity contribution in [3.05, 3.63) is 42.0 Å². The maximum absolute atomic E-state index is 10.3. The minimum absolute atomic E-state index is 0.192. The molecule has 0 aliphatic rings. The van der Waals surface area contributed by atoms with Crippen molar-refractivity contribution in [3.8, 4) is 5.75 Å². The number of rotatable bonds is 6. The summed E-state index contributed by atoms with van der Waals surface area (Å²) in [6.07, 6.45) is 6.03. The smallest absolute Gasteiger partial charge is 0.250 e. The van der Waals surface area contributed by atoms with E-state index in [1.54, 1.807) is 6.08 Å². The Morgan fingerprint density at radius 3 is 2.45 bits per heavy atom. The first-order valence-corrected chi connectivity index (χ1v) is 10.1. The van der Waals surface area contributed by atoms with Gasteiger partial charge in [-0.25, -0.2) is 0 Å². The van der Waals surface area contributed by atoms with Gasteiger partial charge < -0.3 is 4.43 Å². The lowest BCUT2D eigenvalue weighted by Gasteiger charge is -2.37. The summed E-state index contributed by atoms with van der Waals surface area (Å²) in [7, 11) is -1.81. The number of carbonyl (C=O) groups excluding carboxylic acids is 1. The fourth-order valence-electron chi connectivity index (χ4n) is 1.63. The molecule has 1 aromatic carbocycles. The summed E-state index contributed by atoms with van der Waals surface area (Å²) in [6.45, 7) is 11.3. The average Bonchev–Trinajstić information content (AvgIpc) is 2.35. The molecule has 0 fully saturated rings. The zero-order chi connectivity index (χ0) is 15.2. The maximum atomic E-state index is 10.3. The SMILES string of the molecule is CC(C)(C)[Si](C)(C)Oc1ccccc1CC/C=C\C=O. The van der Waals surface area contributed by atoms with Crippen molar-refractivity contribution in [1.82, 2.24) is 0 Å². The molecule has 3 heteroatoms. The van der Waals surface area contributed by atoms with E-state index < -0.39 is 8.32 Å². The number of benzene rings is 1. The molecule has 0 aliphatic heterocycles. The molecule has 0 saturated heterocycles. The van der Waals surface area contributed by atoms with Gasteiger partial charge in [-0.15, -0.1) is 0 Å². The van der Waals surface area contributed by atoms with Gasteiger partial charge in [-0.05, 0) is 48.7 Å². The summed E-state index contributed by atoms with van der Waals surface area (Å²) >= 11 is 0. The molecule has 0 bridgehead atoms. The zero-order valence-corrected chi connectivity index (χ0v) is 14.3. The van der Waals surface area contributed by atoms with Crippen LogP contribution in [0, 0.1) is 0 Å². The van der Waals surface area contributed by atoms with Crippen LogP contribution in [0.2, 0.25) is 18.1 Å². The number of para-hydroxylation sites is 1. The van der Waals surface area contributed by atoms with Gasteiger partial charge in [0.05, 0.1) is 0 Å². The van der Waals surface area contributed by atoms with Crippen LogP contribution >= 0.6 is 0 Å². The van der Waals surface area contributed by atoms with Crippen LogP contribution in [-0.4, -0.2) is 14.6 Å². The van der Waals surface area contributed by atoms with Gasteiger partial charge >= 0.3 is 0 Å². The van der Waals surface area contributed by atoms with E-state index in [2.05, 4.69) is 46.0 Å². The van der Waals surface area contributed by atoms with Crippen molar-refractivity contribution in [2.45, 2.75) is 51.7 Å². The lowest BCUT2D eigenvalue weighted by atomic mass is 10.1. The highest BCUT2D eigenvalue weighted by molar-refractivity contribution is 6.74. The Morgan fingerprint density at radius 2 is 1.85 bits per heavy atom. The first kappa shape index (κ1) is 16.7. The molecule has 0 atom stereocenters. The first-order valence-electron chi connectivity index (χ1n) is 7.15. The maximum Gasteiger partial charge on any atom is 0.250 e. The Balaban J connectivity index is 2.85. The second kappa shape index (κ2) is 6.89. The fraction of sp³-hybridized carbons (Fsp3) is 0.471. The van der Waals surface area contributed by atoms with Gasteiger partial charge in [-0.1, -0.05) is 45.0 Å². The highest BCUT2D eigenvalue weighted by Crippen LogP contribution is 2.38. The van der Waals surface area contributed by atoms with Gasteiger partial charge in [0.25, 0.3) is 0 Å².